The zero-order valence-corrected chi connectivity index (χ0v) is 49.7. The minimum Gasteiger partial charge on any atom is -0.481 e. The Bertz CT molecular complexity index is 3600. The van der Waals surface area contributed by atoms with E-state index in [1.165, 1.54) is 0 Å². The molecule has 0 fully saturated rings. The van der Waals surface area contributed by atoms with Crippen molar-refractivity contribution in [2.24, 2.45) is 22.2 Å². The SMILES string of the molecule is CC1(C)C2=[N+](CCC(=O)NCCCC[C@@H](C(N)=O)NC(=O)[C@@H](Cc3ccccc3)NC(=O)[C@H](CC(=O)O)NC(=O)CNC(=O)[C@H](CCCN=C(N)N)NC(=O)CCN3/C(=C/C=C/C=C/2)C(C)(C)c2c3ccc3ccccc23)c2ccc3ccccc3c21. The number of nitrogens with two attached hydrogens (primary N) is 3. The third kappa shape index (κ3) is 15.6. The Balaban J connectivity index is 1.11. The zero-order valence-electron chi connectivity index (χ0n) is 49.7. The van der Waals surface area contributed by atoms with E-state index in [9.17, 15) is 43.5 Å². The number of carboxylic acid groups (broad SMARTS) is 1. The van der Waals surface area contributed by atoms with Crippen LogP contribution in [-0.2, 0) is 55.6 Å². The summed E-state index contributed by atoms with van der Waals surface area (Å²) in [6, 6.07) is 27.9. The van der Waals surface area contributed by atoms with E-state index >= 15 is 0 Å². The van der Waals surface area contributed by atoms with Crippen molar-refractivity contribution < 1.29 is 48.0 Å². The highest BCUT2D eigenvalue weighted by Crippen LogP contribution is 2.51. The van der Waals surface area contributed by atoms with Crippen molar-refractivity contribution in [2.45, 2.75) is 120 Å². The molecule has 3 heterocycles. The van der Waals surface area contributed by atoms with E-state index in [1.54, 1.807) is 30.3 Å². The fourth-order valence-corrected chi connectivity index (χ4v) is 12.0. The average Bonchev–Trinajstić information content (AvgIpc) is 1.61. The highest BCUT2D eigenvalue weighted by Gasteiger charge is 2.46. The molecule has 0 unspecified atom stereocenters. The Hall–Kier alpha value is -9.66. The molecule has 0 bridgehead atoms. The van der Waals surface area contributed by atoms with E-state index in [-0.39, 0.29) is 70.0 Å². The Morgan fingerprint density at radius 3 is 2.03 bits per heavy atom. The second-order valence-electron chi connectivity index (χ2n) is 23.2. The number of carbonyl (C=O) groups excluding carboxylic acids is 7. The van der Waals surface area contributed by atoms with E-state index in [0.29, 0.717) is 24.9 Å². The lowest BCUT2D eigenvalue weighted by Gasteiger charge is -2.27. The second kappa shape index (κ2) is 28.5. The molecule has 3 aliphatic rings. The van der Waals surface area contributed by atoms with Crippen LogP contribution in [0, 0.1) is 0 Å². The highest BCUT2D eigenvalue weighted by atomic mass is 16.4. The van der Waals surface area contributed by atoms with Crippen molar-refractivity contribution in [3.63, 3.8) is 0 Å². The summed E-state index contributed by atoms with van der Waals surface area (Å²) in [5, 5.41) is 30.2. The van der Waals surface area contributed by atoms with Gasteiger partial charge in [-0.3, -0.25) is 43.3 Å². The molecule has 0 aliphatic carbocycles. The molecule has 4 atom stereocenters. The van der Waals surface area contributed by atoms with Gasteiger partial charge in [0.2, 0.25) is 47.0 Å². The van der Waals surface area contributed by atoms with Crippen molar-refractivity contribution in [3.05, 3.63) is 156 Å². The number of aliphatic imine (C=N–C) groups is 1. The predicted molar refractivity (Wildman–Crippen MR) is 336 cm³/mol. The summed E-state index contributed by atoms with van der Waals surface area (Å²) in [6.07, 6.45) is 10.4. The molecule has 456 valence electrons. The molecule has 21 heteroatoms. The number of primary amides is 1. The third-order valence-electron chi connectivity index (χ3n) is 16.2. The Labute approximate surface area is 506 Å². The van der Waals surface area contributed by atoms with Crippen LogP contribution in [0.25, 0.3) is 21.5 Å². The van der Waals surface area contributed by atoms with Crippen LogP contribution in [0.2, 0.25) is 0 Å². The largest absolute Gasteiger partial charge is 0.481 e. The third-order valence-corrected chi connectivity index (χ3v) is 16.2. The lowest BCUT2D eigenvalue weighted by atomic mass is 9.79. The number of nitrogens with zero attached hydrogens (tertiary/aromatic N) is 3. The number of guanidine groups is 1. The predicted octanol–water partition coefficient (Wildman–Crippen LogP) is 4.56. The van der Waals surface area contributed by atoms with Crippen LogP contribution in [0.5, 0.6) is 0 Å². The molecule has 13 N–H and O–H groups in total. The number of anilines is 1. The van der Waals surface area contributed by atoms with Gasteiger partial charge >= 0.3 is 5.97 Å². The van der Waals surface area contributed by atoms with E-state index < -0.39 is 89.4 Å². The van der Waals surface area contributed by atoms with Crippen molar-refractivity contribution in [1.82, 2.24) is 31.9 Å². The van der Waals surface area contributed by atoms with Gasteiger partial charge in [0.05, 0.1) is 24.8 Å². The maximum absolute atomic E-state index is 14.2. The topological polar surface area (TPSA) is 326 Å². The number of allylic oxidation sites excluding steroid dienone is 6. The van der Waals surface area contributed by atoms with Gasteiger partial charge in [-0.2, -0.15) is 4.58 Å². The van der Waals surface area contributed by atoms with E-state index in [1.807, 2.05) is 42.5 Å². The van der Waals surface area contributed by atoms with Gasteiger partial charge in [-0.25, -0.2) is 0 Å². The molecule has 0 saturated heterocycles. The van der Waals surface area contributed by atoms with Crippen LogP contribution in [0.3, 0.4) is 0 Å². The first-order chi connectivity index (χ1) is 41.6. The summed E-state index contributed by atoms with van der Waals surface area (Å²) in [6.45, 7) is 8.96. The van der Waals surface area contributed by atoms with Crippen LogP contribution in [-0.4, -0.2) is 126 Å². The molecule has 21 nitrogen and oxygen atoms in total. The maximum Gasteiger partial charge on any atom is 0.305 e. The Morgan fingerprint density at radius 1 is 0.667 bits per heavy atom. The number of hydrogen-bond donors (Lipinski definition) is 10. The van der Waals surface area contributed by atoms with Gasteiger partial charge in [-0.1, -0.05) is 117 Å². The number of amides is 7. The molecule has 8 rings (SSSR count). The second-order valence-corrected chi connectivity index (χ2v) is 23.2. The van der Waals surface area contributed by atoms with Crippen LogP contribution >= 0.6 is 0 Å². The van der Waals surface area contributed by atoms with Gasteiger partial charge in [0.15, 0.2) is 18.2 Å². The highest BCUT2D eigenvalue weighted by molar-refractivity contribution is 6.08. The number of aliphatic carboxylic acids is 1. The summed E-state index contributed by atoms with van der Waals surface area (Å²) in [5.41, 5.74) is 22.7. The Kier molecular flexibility index (Phi) is 20.7. The summed E-state index contributed by atoms with van der Waals surface area (Å²) in [4.78, 5) is 114. The molecular formula is C66H79N12O9+. The number of benzene rings is 5. The van der Waals surface area contributed by atoms with Crippen LogP contribution in [0.4, 0.5) is 11.4 Å². The van der Waals surface area contributed by atoms with Crippen LogP contribution < -0.4 is 54.0 Å². The monoisotopic (exact) mass is 1180 g/mol. The quantitative estimate of drug-likeness (QED) is 0.0421. The van der Waals surface area contributed by atoms with Crippen molar-refractivity contribution in [1.29, 1.82) is 0 Å². The molecule has 5 aromatic rings. The lowest BCUT2D eigenvalue weighted by Crippen LogP contribution is -2.58. The molecule has 5 aromatic carbocycles. The molecule has 0 aromatic heterocycles. The summed E-state index contributed by atoms with van der Waals surface area (Å²) in [7, 11) is 0. The molecule has 0 saturated carbocycles. The van der Waals surface area contributed by atoms with E-state index in [4.69, 9.17) is 17.2 Å². The van der Waals surface area contributed by atoms with Crippen molar-refractivity contribution in [2.75, 3.05) is 37.6 Å². The molecule has 7 amide bonds. The molecule has 3 aliphatic heterocycles. The minimum atomic E-state index is -1.74. The number of carboxylic acids is 1. The summed E-state index contributed by atoms with van der Waals surface area (Å²) in [5.74, 6) is -6.64. The van der Waals surface area contributed by atoms with Gasteiger partial charge in [0, 0.05) is 67.0 Å². The van der Waals surface area contributed by atoms with Gasteiger partial charge in [-0.05, 0) is 96.8 Å². The Morgan fingerprint density at radius 2 is 1.33 bits per heavy atom. The minimum absolute atomic E-state index is 0.0582. The lowest BCUT2D eigenvalue weighted by molar-refractivity contribution is -0.436. The van der Waals surface area contributed by atoms with Gasteiger partial charge in [0.25, 0.3) is 0 Å². The molecule has 0 spiro atoms. The number of fused-ring (bicyclic) bond motifs is 9. The molecule has 87 heavy (non-hydrogen) atoms. The van der Waals surface area contributed by atoms with Gasteiger partial charge < -0.3 is 59.1 Å². The smallest absolute Gasteiger partial charge is 0.305 e. The fourth-order valence-electron chi connectivity index (χ4n) is 12.0. The van der Waals surface area contributed by atoms with Gasteiger partial charge in [0.1, 0.15) is 24.2 Å². The van der Waals surface area contributed by atoms with E-state index in [0.717, 1.165) is 55.5 Å². The number of nitrogens with one attached hydrogen (secondary N) is 6. The maximum atomic E-state index is 14.2. The van der Waals surface area contributed by atoms with E-state index in [2.05, 4.69) is 135 Å². The average molecular weight is 1180 g/mol. The normalized spacial score (nSPS) is 22.4. The van der Waals surface area contributed by atoms with Crippen LogP contribution in [0.1, 0.15) is 95.8 Å². The standard InChI is InChI=1S/C66H78N12O9/c1-65(2)52-26-9-6-10-27-53-66(3,4)59-45-23-14-12-21-43(45)29-31-51(59)78(53)37-33-55(80)73-47(25-17-35-71-64(68)69)61(85)72-40-56(81)74-49(39-57(82)83)63(87)76-48(38-41-18-7-5-8-19-41)62(86)75-46(60(67)84)24-15-16-34-70-54(79)32-36-77(52)50-30-28-42-20-11-13-22-44(42)58(50)65/h5-14,18-23,26-31,46-49H,15-17,24-25,32-40H2,1-4H3,(H12-,67,68,69,70,71,72,73,74,75,76,79,80,81,82,83,84,85,86,87)/p+1/t46-,47-,48+,49-/m0/s1. The summed E-state index contributed by atoms with van der Waals surface area (Å²) >= 11 is 0. The molecule has 0 radical (unpaired) electrons. The number of rotatable bonds is 9. The number of carbonyl (C=O) groups is 8. The fraction of sp³-hybridized carbons (Fsp3) is 0.364. The zero-order chi connectivity index (χ0) is 62.4. The first-order valence-corrected chi connectivity index (χ1v) is 29.5. The molecular weight excluding hydrogens is 1100 g/mol. The van der Waals surface area contributed by atoms with Crippen molar-refractivity contribution >= 4 is 91.9 Å². The first-order valence-electron chi connectivity index (χ1n) is 29.5. The number of hydrogen-bond acceptors (Lipinski definition) is 10. The summed E-state index contributed by atoms with van der Waals surface area (Å²) < 4.78 is 2.21. The van der Waals surface area contributed by atoms with Crippen molar-refractivity contribution in [3.8, 4) is 0 Å². The van der Waals surface area contributed by atoms with Gasteiger partial charge in [-0.15, -0.1) is 0 Å². The first kappa shape index (κ1) is 63.4. The van der Waals surface area contributed by atoms with Crippen LogP contribution in [0.15, 0.2) is 144 Å².